The number of thioether (sulfide) groups is 1. The molecule has 0 aliphatic carbocycles. The van der Waals surface area contributed by atoms with Crippen molar-refractivity contribution in [2.75, 3.05) is 17.2 Å². The molecular formula is C36H30N4O4S2. The molecule has 4 aromatic carbocycles. The van der Waals surface area contributed by atoms with Crippen LogP contribution in [0.3, 0.4) is 0 Å². The van der Waals surface area contributed by atoms with Crippen molar-refractivity contribution in [1.82, 2.24) is 4.90 Å². The van der Waals surface area contributed by atoms with Crippen molar-refractivity contribution in [1.29, 1.82) is 5.26 Å². The lowest BCUT2D eigenvalue weighted by Crippen LogP contribution is -2.29. The zero-order valence-electron chi connectivity index (χ0n) is 24.9. The minimum absolute atomic E-state index is 0.0584. The molecule has 6 rings (SSSR count). The Hall–Kier alpha value is -4.95. The highest BCUT2D eigenvalue weighted by Gasteiger charge is 2.26. The molecule has 0 bridgehead atoms. The van der Waals surface area contributed by atoms with Gasteiger partial charge in [-0.1, -0.05) is 60.7 Å². The van der Waals surface area contributed by atoms with Crippen LogP contribution in [0, 0.1) is 11.3 Å². The summed E-state index contributed by atoms with van der Waals surface area (Å²) in [5.74, 6) is -1.75. The topological polar surface area (TPSA) is 123 Å². The van der Waals surface area contributed by atoms with Crippen LogP contribution in [-0.4, -0.2) is 39.6 Å². The Balaban J connectivity index is 1.12. The lowest BCUT2D eigenvalue weighted by molar-refractivity contribution is -0.115. The van der Waals surface area contributed by atoms with Crippen molar-refractivity contribution < 1.29 is 19.5 Å². The minimum Gasteiger partial charge on any atom is -0.478 e. The number of nitriles is 1. The number of amides is 2. The molecule has 0 fully saturated rings. The number of hydrogen-bond acceptors (Lipinski definition) is 7. The van der Waals surface area contributed by atoms with Crippen molar-refractivity contribution >= 4 is 62.3 Å². The van der Waals surface area contributed by atoms with Gasteiger partial charge in [0.25, 0.3) is 5.91 Å². The van der Waals surface area contributed by atoms with E-state index in [0.717, 1.165) is 41.4 Å². The van der Waals surface area contributed by atoms with Gasteiger partial charge in [-0.15, -0.1) is 23.1 Å². The van der Waals surface area contributed by atoms with Crippen LogP contribution in [0.4, 0.5) is 10.7 Å². The van der Waals surface area contributed by atoms with Crippen molar-refractivity contribution in [2.24, 2.45) is 0 Å². The number of nitrogens with one attached hydrogen (secondary N) is 2. The van der Waals surface area contributed by atoms with Gasteiger partial charge in [-0.25, -0.2) is 4.79 Å². The van der Waals surface area contributed by atoms with E-state index in [1.54, 1.807) is 55.5 Å². The normalized spacial score (nSPS) is 13.4. The maximum Gasteiger partial charge on any atom is 0.336 e. The second-order valence-electron chi connectivity index (χ2n) is 11.0. The van der Waals surface area contributed by atoms with Crippen LogP contribution in [0.15, 0.2) is 95.9 Å². The summed E-state index contributed by atoms with van der Waals surface area (Å²) in [4.78, 5) is 42.7. The molecule has 0 radical (unpaired) electrons. The number of fused-ring (bicyclic) bond motifs is 2. The Morgan fingerprint density at radius 2 is 1.72 bits per heavy atom. The fraction of sp³-hybridized carbons (Fsp3) is 0.167. The van der Waals surface area contributed by atoms with Gasteiger partial charge in [0, 0.05) is 46.0 Å². The molecule has 5 aromatic rings. The highest BCUT2D eigenvalue weighted by atomic mass is 32.2. The molecule has 1 atom stereocenters. The molecule has 1 aliphatic heterocycles. The Morgan fingerprint density at radius 1 is 0.978 bits per heavy atom. The van der Waals surface area contributed by atoms with Crippen LogP contribution in [0.25, 0.3) is 10.8 Å². The molecule has 230 valence electrons. The fourth-order valence-corrected chi connectivity index (χ4v) is 7.83. The molecule has 1 aliphatic rings. The summed E-state index contributed by atoms with van der Waals surface area (Å²) < 4.78 is 0. The Labute approximate surface area is 274 Å². The first-order valence-electron chi connectivity index (χ1n) is 14.8. The average Bonchev–Trinajstić information content (AvgIpc) is 3.40. The lowest BCUT2D eigenvalue weighted by Gasteiger charge is -2.26. The lowest BCUT2D eigenvalue weighted by atomic mass is 9.98. The molecule has 3 N–H and O–H groups in total. The van der Waals surface area contributed by atoms with Crippen molar-refractivity contribution in [3.05, 3.63) is 124 Å². The Bertz CT molecular complexity index is 2000. The van der Waals surface area contributed by atoms with E-state index in [4.69, 9.17) is 0 Å². The largest absolute Gasteiger partial charge is 0.478 e. The molecule has 46 heavy (non-hydrogen) atoms. The maximum atomic E-state index is 13.3. The van der Waals surface area contributed by atoms with Gasteiger partial charge >= 0.3 is 5.97 Å². The van der Waals surface area contributed by atoms with Gasteiger partial charge < -0.3 is 15.7 Å². The van der Waals surface area contributed by atoms with E-state index in [-0.39, 0.29) is 17.0 Å². The highest BCUT2D eigenvalue weighted by molar-refractivity contribution is 8.00. The summed E-state index contributed by atoms with van der Waals surface area (Å²) in [6, 6.07) is 29.8. The monoisotopic (exact) mass is 646 g/mol. The molecule has 2 amide bonds. The minimum atomic E-state index is -1.11. The predicted molar refractivity (Wildman–Crippen MR) is 183 cm³/mol. The van der Waals surface area contributed by atoms with E-state index < -0.39 is 17.1 Å². The molecule has 10 heteroatoms. The Morgan fingerprint density at radius 3 is 2.46 bits per heavy atom. The first-order valence-corrected chi connectivity index (χ1v) is 16.4. The zero-order valence-corrected chi connectivity index (χ0v) is 26.6. The number of carbonyl (C=O) groups is 3. The SMILES string of the molecule is CC(Sc1cccc(NC(=O)c2cccc3cccc(C(=O)O)c23)c1)C(=O)Nc1sc2c(c1C#N)CCN(Cc1ccccc1)C2. The van der Waals surface area contributed by atoms with Crippen LogP contribution < -0.4 is 10.6 Å². The molecule has 0 saturated carbocycles. The number of benzene rings is 4. The van der Waals surface area contributed by atoms with Gasteiger partial charge in [-0.05, 0) is 60.2 Å². The summed E-state index contributed by atoms with van der Waals surface area (Å²) in [5.41, 5.74) is 3.66. The highest BCUT2D eigenvalue weighted by Crippen LogP contribution is 2.38. The first kappa shape index (κ1) is 31.0. The van der Waals surface area contributed by atoms with Crippen LogP contribution in [0.5, 0.6) is 0 Å². The number of carboxylic acid groups (broad SMARTS) is 1. The second kappa shape index (κ2) is 13.6. The van der Waals surface area contributed by atoms with Crippen LogP contribution in [0.2, 0.25) is 0 Å². The van der Waals surface area contributed by atoms with Gasteiger partial charge in [0.1, 0.15) is 11.1 Å². The number of aromatic carboxylic acids is 1. The van der Waals surface area contributed by atoms with E-state index in [1.807, 2.05) is 24.3 Å². The van der Waals surface area contributed by atoms with E-state index in [2.05, 4.69) is 33.7 Å². The van der Waals surface area contributed by atoms with E-state index in [9.17, 15) is 24.8 Å². The molecular weight excluding hydrogens is 617 g/mol. The smallest absolute Gasteiger partial charge is 0.336 e. The molecule has 0 saturated heterocycles. The standard InChI is InChI=1S/C36H30N4O4S2/c1-22(33(41)39-35-30(19-37)27-16-17-40(21-31(27)46-35)20-23-8-3-2-4-9-23)45-26-13-7-12-25(18-26)38-34(42)28-14-5-10-24-11-6-15-29(32(24)28)36(43)44/h2-15,18,22H,16-17,20-21H2,1H3,(H,38,42)(H,39,41)(H,43,44). The average molecular weight is 647 g/mol. The van der Waals surface area contributed by atoms with Gasteiger partial charge in [-0.3, -0.25) is 14.5 Å². The van der Waals surface area contributed by atoms with E-state index in [1.165, 1.54) is 34.7 Å². The molecule has 1 unspecified atom stereocenters. The number of carboxylic acids is 1. The third-order valence-electron chi connectivity index (χ3n) is 7.89. The predicted octanol–water partition coefficient (Wildman–Crippen LogP) is 7.40. The summed E-state index contributed by atoms with van der Waals surface area (Å²) in [6.07, 6.45) is 0.761. The van der Waals surface area contributed by atoms with Gasteiger partial charge in [0.2, 0.25) is 5.91 Å². The second-order valence-corrected chi connectivity index (χ2v) is 13.5. The van der Waals surface area contributed by atoms with Crippen LogP contribution >= 0.6 is 23.1 Å². The molecule has 1 aromatic heterocycles. The van der Waals surface area contributed by atoms with Gasteiger partial charge in [-0.2, -0.15) is 5.26 Å². The summed E-state index contributed by atoms with van der Waals surface area (Å²) >= 11 is 2.81. The Kier molecular flexibility index (Phi) is 9.17. The van der Waals surface area contributed by atoms with Crippen molar-refractivity contribution in [3.63, 3.8) is 0 Å². The number of carbonyl (C=O) groups excluding carboxylic acids is 2. The number of anilines is 2. The molecule has 8 nitrogen and oxygen atoms in total. The third-order valence-corrected chi connectivity index (χ3v) is 10.1. The number of nitrogens with zero attached hydrogens (tertiary/aromatic N) is 2. The molecule has 2 heterocycles. The molecule has 0 spiro atoms. The van der Waals surface area contributed by atoms with E-state index >= 15 is 0 Å². The summed E-state index contributed by atoms with van der Waals surface area (Å²) in [5, 5.41) is 26.7. The van der Waals surface area contributed by atoms with Gasteiger partial charge in [0.05, 0.1) is 16.4 Å². The fourth-order valence-electron chi connectivity index (χ4n) is 5.66. The van der Waals surface area contributed by atoms with Crippen molar-refractivity contribution in [2.45, 2.75) is 36.6 Å². The maximum absolute atomic E-state index is 13.3. The van der Waals surface area contributed by atoms with E-state index in [0.29, 0.717) is 27.0 Å². The number of thiophene rings is 1. The van der Waals surface area contributed by atoms with Crippen LogP contribution in [0.1, 0.15) is 49.2 Å². The first-order chi connectivity index (χ1) is 22.3. The van der Waals surface area contributed by atoms with Gasteiger partial charge in [0.15, 0.2) is 0 Å². The zero-order chi connectivity index (χ0) is 32.2. The van der Waals surface area contributed by atoms with Crippen LogP contribution in [-0.2, 0) is 24.3 Å². The summed E-state index contributed by atoms with van der Waals surface area (Å²) in [7, 11) is 0. The summed E-state index contributed by atoms with van der Waals surface area (Å²) in [6.45, 7) is 4.22. The number of hydrogen-bond donors (Lipinski definition) is 3. The quantitative estimate of drug-likeness (QED) is 0.143. The van der Waals surface area contributed by atoms with Crippen molar-refractivity contribution in [3.8, 4) is 6.07 Å². The third kappa shape index (κ3) is 6.67. The number of rotatable bonds is 9.